The molecule has 1 fully saturated rings. The number of nitrogens with zero attached hydrogens (tertiary/aromatic N) is 3. The third-order valence-electron chi connectivity index (χ3n) is 4.63. The van der Waals surface area contributed by atoms with E-state index < -0.39 is 0 Å². The van der Waals surface area contributed by atoms with Crippen molar-refractivity contribution in [1.82, 2.24) is 14.7 Å². The van der Waals surface area contributed by atoms with Crippen LogP contribution in [0.15, 0.2) is 18.2 Å². The molecule has 2 N–H and O–H groups in total. The smallest absolute Gasteiger partial charge is 0.254 e. The number of benzene rings is 1. The summed E-state index contributed by atoms with van der Waals surface area (Å²) in [7, 11) is 0. The van der Waals surface area contributed by atoms with Crippen molar-refractivity contribution in [3.63, 3.8) is 0 Å². The van der Waals surface area contributed by atoms with E-state index in [0.29, 0.717) is 30.9 Å². The molecule has 148 valence electrons. The second-order valence-electron chi connectivity index (χ2n) is 6.21. The number of anilines is 1. The molecule has 26 heavy (non-hydrogen) atoms. The number of carbonyl (C=O) groups excluding carboxylic acids is 2. The Bertz CT molecular complexity index is 601. The monoisotopic (exact) mass is 404 g/mol. The van der Waals surface area contributed by atoms with E-state index in [1.807, 2.05) is 42.7 Å². The Balaban J connectivity index is 0.00000312. The van der Waals surface area contributed by atoms with Gasteiger partial charge in [-0.05, 0) is 38.5 Å². The zero-order chi connectivity index (χ0) is 17.7. The molecule has 1 aromatic carbocycles. The SMILES string of the molecule is CCN(CC)C(=O)CN1CCN(C(=O)c2cc(N)ccc2C)CC1.Cl.Cl. The lowest BCUT2D eigenvalue weighted by atomic mass is 10.1. The van der Waals surface area contributed by atoms with Crippen LogP contribution in [0.25, 0.3) is 0 Å². The number of amides is 2. The summed E-state index contributed by atoms with van der Waals surface area (Å²) < 4.78 is 0. The molecule has 2 amide bonds. The average molecular weight is 405 g/mol. The van der Waals surface area contributed by atoms with Crippen LogP contribution in [0.2, 0.25) is 0 Å². The van der Waals surface area contributed by atoms with E-state index in [1.165, 1.54) is 0 Å². The maximum atomic E-state index is 12.7. The predicted octanol–water partition coefficient (Wildman–Crippen LogP) is 2.05. The van der Waals surface area contributed by atoms with Crippen LogP contribution in [0, 0.1) is 6.92 Å². The number of hydrogen-bond donors (Lipinski definition) is 1. The highest BCUT2D eigenvalue weighted by Crippen LogP contribution is 2.16. The lowest BCUT2D eigenvalue weighted by Crippen LogP contribution is -2.51. The highest BCUT2D eigenvalue weighted by molar-refractivity contribution is 5.96. The number of nitrogens with two attached hydrogens (primary N) is 1. The van der Waals surface area contributed by atoms with E-state index >= 15 is 0 Å². The van der Waals surface area contributed by atoms with E-state index in [-0.39, 0.29) is 36.6 Å². The van der Waals surface area contributed by atoms with E-state index in [9.17, 15) is 9.59 Å². The summed E-state index contributed by atoms with van der Waals surface area (Å²) in [6.07, 6.45) is 0. The predicted molar refractivity (Wildman–Crippen MR) is 110 cm³/mol. The largest absolute Gasteiger partial charge is 0.399 e. The molecule has 2 rings (SSSR count). The van der Waals surface area contributed by atoms with Crippen LogP contribution >= 0.6 is 24.8 Å². The topological polar surface area (TPSA) is 69.9 Å². The molecule has 0 unspecified atom stereocenters. The molecule has 1 aromatic rings. The molecule has 0 atom stereocenters. The summed E-state index contributed by atoms with van der Waals surface area (Å²) in [6.45, 7) is 10.5. The fraction of sp³-hybridized carbons (Fsp3) is 0.556. The first-order chi connectivity index (χ1) is 11.5. The van der Waals surface area contributed by atoms with Gasteiger partial charge >= 0.3 is 0 Å². The van der Waals surface area contributed by atoms with Crippen molar-refractivity contribution >= 4 is 42.3 Å². The second kappa shape index (κ2) is 11.3. The Morgan fingerprint density at radius 1 is 1.08 bits per heavy atom. The van der Waals surface area contributed by atoms with Gasteiger partial charge in [0.2, 0.25) is 5.91 Å². The number of likely N-dealkylation sites (N-methyl/N-ethyl adjacent to an activating group) is 1. The number of carbonyl (C=O) groups is 2. The zero-order valence-electron chi connectivity index (χ0n) is 15.7. The number of aryl methyl sites for hydroxylation is 1. The minimum absolute atomic E-state index is 0. The van der Waals surface area contributed by atoms with Gasteiger partial charge in [-0.25, -0.2) is 0 Å². The molecule has 0 bridgehead atoms. The second-order valence-corrected chi connectivity index (χ2v) is 6.21. The molecular formula is C18H30Cl2N4O2. The highest BCUT2D eigenvalue weighted by atomic mass is 35.5. The molecule has 1 aliphatic heterocycles. The molecule has 0 aromatic heterocycles. The van der Waals surface area contributed by atoms with E-state index in [0.717, 1.165) is 31.7 Å². The quantitative estimate of drug-likeness (QED) is 0.762. The normalized spacial score (nSPS) is 14.2. The third kappa shape index (κ3) is 6.04. The van der Waals surface area contributed by atoms with Crippen molar-refractivity contribution in [3.05, 3.63) is 29.3 Å². The van der Waals surface area contributed by atoms with Crippen molar-refractivity contribution in [1.29, 1.82) is 0 Å². The Morgan fingerprint density at radius 3 is 2.19 bits per heavy atom. The maximum absolute atomic E-state index is 12.7. The minimum atomic E-state index is 0. The van der Waals surface area contributed by atoms with Crippen LogP contribution in [0.1, 0.15) is 29.8 Å². The van der Waals surface area contributed by atoms with Gasteiger partial charge in [-0.15, -0.1) is 24.8 Å². The van der Waals surface area contributed by atoms with Crippen LogP contribution in [-0.4, -0.2) is 72.3 Å². The van der Waals surface area contributed by atoms with Crippen LogP contribution in [0.5, 0.6) is 0 Å². The maximum Gasteiger partial charge on any atom is 0.254 e. The molecule has 1 saturated heterocycles. The Kier molecular flexibility index (Phi) is 10.6. The summed E-state index contributed by atoms with van der Waals surface area (Å²) in [5.74, 6) is 0.181. The average Bonchev–Trinajstić information content (AvgIpc) is 2.58. The fourth-order valence-corrected chi connectivity index (χ4v) is 3.02. The third-order valence-corrected chi connectivity index (χ3v) is 4.63. The Hall–Kier alpha value is -1.50. The Labute approximate surface area is 168 Å². The van der Waals surface area contributed by atoms with Crippen LogP contribution in [-0.2, 0) is 4.79 Å². The first-order valence-electron chi connectivity index (χ1n) is 8.61. The van der Waals surface area contributed by atoms with Gasteiger partial charge in [-0.1, -0.05) is 6.07 Å². The van der Waals surface area contributed by atoms with E-state index in [2.05, 4.69) is 4.90 Å². The number of hydrogen-bond acceptors (Lipinski definition) is 4. The first-order valence-corrected chi connectivity index (χ1v) is 8.61. The number of nitrogen functional groups attached to an aromatic ring is 1. The number of halogens is 2. The summed E-state index contributed by atoms with van der Waals surface area (Å²) in [6, 6.07) is 5.43. The summed E-state index contributed by atoms with van der Waals surface area (Å²) in [4.78, 5) is 30.7. The van der Waals surface area contributed by atoms with Gasteiger partial charge in [0.1, 0.15) is 0 Å². The molecule has 6 nitrogen and oxygen atoms in total. The van der Waals surface area contributed by atoms with E-state index in [4.69, 9.17) is 5.73 Å². The van der Waals surface area contributed by atoms with Crippen molar-refractivity contribution in [2.24, 2.45) is 0 Å². The zero-order valence-corrected chi connectivity index (χ0v) is 17.4. The molecular weight excluding hydrogens is 375 g/mol. The van der Waals surface area contributed by atoms with Crippen molar-refractivity contribution in [2.45, 2.75) is 20.8 Å². The van der Waals surface area contributed by atoms with Gasteiger partial charge in [-0.2, -0.15) is 0 Å². The molecule has 0 saturated carbocycles. The molecule has 0 radical (unpaired) electrons. The fourth-order valence-electron chi connectivity index (χ4n) is 3.02. The summed E-state index contributed by atoms with van der Waals surface area (Å²) in [5.41, 5.74) is 8.02. The van der Waals surface area contributed by atoms with Gasteiger partial charge in [0.25, 0.3) is 5.91 Å². The van der Waals surface area contributed by atoms with Crippen LogP contribution < -0.4 is 5.73 Å². The van der Waals surface area contributed by atoms with Crippen molar-refractivity contribution in [3.8, 4) is 0 Å². The molecule has 1 aliphatic rings. The van der Waals surface area contributed by atoms with Gasteiger partial charge in [0, 0.05) is 50.5 Å². The molecule has 0 spiro atoms. The standard InChI is InChI=1S/C18H28N4O2.2ClH/c1-4-21(5-2)17(23)13-20-8-10-22(11-9-20)18(24)16-12-15(19)7-6-14(16)3;;/h6-7,12H,4-5,8-11,13,19H2,1-3H3;2*1H. The highest BCUT2D eigenvalue weighted by Gasteiger charge is 2.25. The molecule has 0 aliphatic carbocycles. The minimum Gasteiger partial charge on any atom is -0.399 e. The molecule has 8 heteroatoms. The van der Waals surface area contributed by atoms with E-state index in [1.54, 1.807) is 6.07 Å². The lowest BCUT2D eigenvalue weighted by molar-refractivity contribution is -0.132. The van der Waals surface area contributed by atoms with Gasteiger partial charge in [0.15, 0.2) is 0 Å². The van der Waals surface area contributed by atoms with Gasteiger partial charge in [-0.3, -0.25) is 14.5 Å². The molecule has 1 heterocycles. The van der Waals surface area contributed by atoms with Crippen LogP contribution in [0.3, 0.4) is 0 Å². The number of piperazine rings is 1. The van der Waals surface area contributed by atoms with Crippen LogP contribution in [0.4, 0.5) is 5.69 Å². The summed E-state index contributed by atoms with van der Waals surface area (Å²) in [5, 5.41) is 0. The van der Waals surface area contributed by atoms with Gasteiger partial charge in [0.05, 0.1) is 6.54 Å². The van der Waals surface area contributed by atoms with Crippen molar-refractivity contribution < 1.29 is 9.59 Å². The first kappa shape index (κ1) is 24.5. The summed E-state index contributed by atoms with van der Waals surface area (Å²) >= 11 is 0. The number of rotatable bonds is 5. The van der Waals surface area contributed by atoms with Crippen molar-refractivity contribution in [2.75, 3.05) is 51.5 Å². The van der Waals surface area contributed by atoms with Gasteiger partial charge < -0.3 is 15.5 Å². The Morgan fingerprint density at radius 2 is 1.65 bits per heavy atom. The lowest BCUT2D eigenvalue weighted by Gasteiger charge is -2.35.